The van der Waals surface area contributed by atoms with E-state index in [0.717, 1.165) is 12.0 Å². The number of nitrogens with zero attached hydrogens (tertiary/aromatic N) is 4. The van der Waals surface area contributed by atoms with Gasteiger partial charge in [0.2, 0.25) is 5.91 Å². The molecule has 0 saturated carbocycles. The molecule has 6 nitrogen and oxygen atoms in total. The zero-order valence-corrected chi connectivity index (χ0v) is 14.8. The van der Waals surface area contributed by atoms with Crippen molar-refractivity contribution in [1.29, 1.82) is 0 Å². The van der Waals surface area contributed by atoms with Gasteiger partial charge in [0, 0.05) is 45.3 Å². The molecule has 25 heavy (non-hydrogen) atoms. The van der Waals surface area contributed by atoms with Gasteiger partial charge < -0.3 is 9.80 Å². The quantitative estimate of drug-likeness (QED) is 0.856. The van der Waals surface area contributed by atoms with E-state index in [1.54, 1.807) is 29.0 Å². The van der Waals surface area contributed by atoms with Gasteiger partial charge in [-0.3, -0.25) is 14.3 Å². The van der Waals surface area contributed by atoms with Crippen LogP contribution in [0.5, 0.6) is 0 Å². The molecule has 1 aliphatic rings. The van der Waals surface area contributed by atoms with Crippen molar-refractivity contribution in [2.45, 2.75) is 32.4 Å². The summed E-state index contributed by atoms with van der Waals surface area (Å²) >= 11 is 0. The third-order valence-electron chi connectivity index (χ3n) is 4.69. The molecule has 0 aliphatic carbocycles. The van der Waals surface area contributed by atoms with Gasteiger partial charge in [-0.15, -0.1) is 0 Å². The maximum atomic E-state index is 12.7. The van der Waals surface area contributed by atoms with Crippen LogP contribution in [0, 0.1) is 0 Å². The van der Waals surface area contributed by atoms with Gasteiger partial charge in [-0.25, -0.2) is 0 Å². The highest BCUT2D eigenvalue weighted by Crippen LogP contribution is 2.19. The molecule has 1 aromatic heterocycles. The predicted molar refractivity (Wildman–Crippen MR) is 94.8 cm³/mol. The summed E-state index contributed by atoms with van der Waals surface area (Å²) in [4.78, 5) is 29.1. The standard InChI is InChI=1S/C19H24N4O2/c1-3-17-14-22(19(25)16-11-20-21(2)13-16)10-9-18(24)23(17)12-15-7-5-4-6-8-15/h4-8,11,13,17H,3,9-10,12,14H2,1-2H3/t17-/m1/s1. The Morgan fingerprint density at radius 3 is 2.68 bits per heavy atom. The van der Waals surface area contributed by atoms with Gasteiger partial charge >= 0.3 is 0 Å². The van der Waals surface area contributed by atoms with Crippen LogP contribution in [-0.4, -0.2) is 50.5 Å². The van der Waals surface area contributed by atoms with Crippen LogP contribution in [0.2, 0.25) is 0 Å². The normalized spacial score (nSPS) is 18.3. The number of benzene rings is 1. The largest absolute Gasteiger partial charge is 0.336 e. The van der Waals surface area contributed by atoms with Crippen molar-refractivity contribution >= 4 is 11.8 Å². The van der Waals surface area contributed by atoms with E-state index in [-0.39, 0.29) is 17.9 Å². The average molecular weight is 340 g/mol. The van der Waals surface area contributed by atoms with Crippen molar-refractivity contribution in [3.05, 3.63) is 53.9 Å². The lowest BCUT2D eigenvalue weighted by Crippen LogP contribution is -2.43. The molecule has 132 valence electrons. The lowest BCUT2D eigenvalue weighted by atomic mass is 10.1. The van der Waals surface area contributed by atoms with E-state index in [9.17, 15) is 9.59 Å². The molecule has 0 spiro atoms. The maximum Gasteiger partial charge on any atom is 0.257 e. The molecule has 1 aliphatic heterocycles. The monoisotopic (exact) mass is 340 g/mol. The summed E-state index contributed by atoms with van der Waals surface area (Å²) in [6.45, 7) is 3.66. The van der Waals surface area contributed by atoms with Crippen molar-refractivity contribution in [3.63, 3.8) is 0 Å². The first-order valence-corrected chi connectivity index (χ1v) is 8.69. The SMILES string of the molecule is CC[C@@H]1CN(C(=O)c2cnn(C)c2)CCC(=O)N1Cc1ccccc1. The van der Waals surface area contributed by atoms with Crippen molar-refractivity contribution in [3.8, 4) is 0 Å². The summed E-state index contributed by atoms with van der Waals surface area (Å²) in [5, 5.41) is 4.07. The smallest absolute Gasteiger partial charge is 0.257 e. The molecule has 0 unspecified atom stereocenters. The Balaban J connectivity index is 1.77. The fourth-order valence-corrected chi connectivity index (χ4v) is 3.27. The Kier molecular flexibility index (Phi) is 5.16. The summed E-state index contributed by atoms with van der Waals surface area (Å²) < 4.78 is 1.62. The molecule has 0 N–H and O–H groups in total. The molecule has 2 amide bonds. The lowest BCUT2D eigenvalue weighted by molar-refractivity contribution is -0.133. The molecule has 1 fully saturated rings. The van der Waals surface area contributed by atoms with Crippen LogP contribution in [0.15, 0.2) is 42.7 Å². The van der Waals surface area contributed by atoms with Crippen LogP contribution in [-0.2, 0) is 18.4 Å². The number of carbonyl (C=O) groups is 2. The third-order valence-corrected chi connectivity index (χ3v) is 4.69. The van der Waals surface area contributed by atoms with Crippen molar-refractivity contribution in [2.75, 3.05) is 13.1 Å². The van der Waals surface area contributed by atoms with E-state index in [0.29, 0.717) is 31.6 Å². The number of amides is 2. The average Bonchev–Trinajstić information content (AvgIpc) is 3.00. The Morgan fingerprint density at radius 1 is 1.28 bits per heavy atom. The van der Waals surface area contributed by atoms with E-state index in [1.807, 2.05) is 35.2 Å². The first-order chi connectivity index (χ1) is 12.1. The highest BCUT2D eigenvalue weighted by Gasteiger charge is 2.31. The Morgan fingerprint density at radius 2 is 2.04 bits per heavy atom. The molecular weight excluding hydrogens is 316 g/mol. The van der Waals surface area contributed by atoms with Gasteiger partial charge in [0.25, 0.3) is 5.91 Å². The minimum atomic E-state index is -0.0547. The Labute approximate surface area is 148 Å². The van der Waals surface area contributed by atoms with Gasteiger partial charge in [-0.2, -0.15) is 5.10 Å². The first kappa shape index (κ1) is 17.2. The van der Waals surface area contributed by atoms with Gasteiger partial charge in [-0.05, 0) is 12.0 Å². The van der Waals surface area contributed by atoms with Crippen LogP contribution in [0.1, 0.15) is 35.7 Å². The van der Waals surface area contributed by atoms with Crippen LogP contribution in [0.4, 0.5) is 0 Å². The molecular formula is C19H24N4O2. The summed E-state index contributed by atoms with van der Waals surface area (Å²) in [5.41, 5.74) is 1.68. The zero-order chi connectivity index (χ0) is 17.8. The topological polar surface area (TPSA) is 58.4 Å². The van der Waals surface area contributed by atoms with E-state index in [1.165, 1.54) is 0 Å². The second-order valence-corrected chi connectivity index (χ2v) is 6.47. The minimum Gasteiger partial charge on any atom is -0.336 e. The molecule has 2 heterocycles. The Bertz CT molecular complexity index is 741. The molecule has 0 bridgehead atoms. The van der Waals surface area contributed by atoms with E-state index in [2.05, 4.69) is 12.0 Å². The summed E-state index contributed by atoms with van der Waals surface area (Å²) in [7, 11) is 1.79. The van der Waals surface area contributed by atoms with E-state index < -0.39 is 0 Å². The second-order valence-electron chi connectivity index (χ2n) is 6.47. The number of carbonyl (C=O) groups excluding carboxylic acids is 2. The van der Waals surface area contributed by atoms with Gasteiger partial charge in [0.1, 0.15) is 0 Å². The number of rotatable bonds is 4. The van der Waals surface area contributed by atoms with Crippen molar-refractivity contribution in [1.82, 2.24) is 19.6 Å². The fourth-order valence-electron chi connectivity index (χ4n) is 3.27. The molecule has 1 aromatic carbocycles. The number of hydrogen-bond acceptors (Lipinski definition) is 3. The van der Waals surface area contributed by atoms with Crippen LogP contribution in [0.3, 0.4) is 0 Å². The minimum absolute atomic E-state index is 0.0239. The number of aryl methyl sites for hydroxylation is 1. The molecule has 0 radical (unpaired) electrons. The predicted octanol–water partition coefficient (Wildman–Crippen LogP) is 2.07. The number of hydrogen-bond donors (Lipinski definition) is 0. The maximum absolute atomic E-state index is 12.7. The molecule has 3 rings (SSSR count). The number of aromatic nitrogens is 2. The highest BCUT2D eigenvalue weighted by molar-refractivity contribution is 5.94. The van der Waals surface area contributed by atoms with Crippen LogP contribution >= 0.6 is 0 Å². The highest BCUT2D eigenvalue weighted by atomic mass is 16.2. The summed E-state index contributed by atoms with van der Waals surface area (Å²) in [6, 6.07) is 10.0. The van der Waals surface area contributed by atoms with E-state index in [4.69, 9.17) is 0 Å². The lowest BCUT2D eigenvalue weighted by Gasteiger charge is -2.31. The fraction of sp³-hybridized carbons (Fsp3) is 0.421. The second kappa shape index (κ2) is 7.51. The van der Waals surface area contributed by atoms with Crippen molar-refractivity contribution in [2.24, 2.45) is 7.05 Å². The summed E-state index contributed by atoms with van der Waals surface area (Å²) in [6.07, 6.45) is 4.47. The molecule has 1 saturated heterocycles. The first-order valence-electron chi connectivity index (χ1n) is 8.69. The van der Waals surface area contributed by atoms with Crippen molar-refractivity contribution < 1.29 is 9.59 Å². The van der Waals surface area contributed by atoms with Gasteiger partial charge in [0.15, 0.2) is 0 Å². The third kappa shape index (κ3) is 3.90. The Hall–Kier alpha value is -2.63. The zero-order valence-electron chi connectivity index (χ0n) is 14.8. The van der Waals surface area contributed by atoms with Gasteiger partial charge in [0.05, 0.1) is 11.8 Å². The van der Waals surface area contributed by atoms with Crippen LogP contribution < -0.4 is 0 Å². The molecule has 6 heteroatoms. The van der Waals surface area contributed by atoms with Crippen LogP contribution in [0.25, 0.3) is 0 Å². The molecule has 1 atom stereocenters. The van der Waals surface area contributed by atoms with E-state index >= 15 is 0 Å². The summed E-state index contributed by atoms with van der Waals surface area (Å²) in [5.74, 6) is 0.0538. The van der Waals surface area contributed by atoms with Gasteiger partial charge in [-0.1, -0.05) is 37.3 Å². The molecule has 2 aromatic rings.